The molecule has 2 aliphatic heterocycles. The Balaban J connectivity index is 1.18. The summed E-state index contributed by atoms with van der Waals surface area (Å²) in [6, 6.07) is 21.8. The van der Waals surface area contributed by atoms with Gasteiger partial charge in [-0.25, -0.2) is 9.69 Å². The lowest BCUT2D eigenvalue weighted by Crippen LogP contribution is -2.52. The van der Waals surface area contributed by atoms with Crippen LogP contribution in [0.2, 0.25) is 5.02 Å². The van der Waals surface area contributed by atoms with Gasteiger partial charge in [-0.2, -0.15) is 0 Å². The first-order valence-corrected chi connectivity index (χ1v) is 12.8. The summed E-state index contributed by atoms with van der Waals surface area (Å²) in [4.78, 5) is 56.1. The maximum atomic E-state index is 13.2. The third kappa shape index (κ3) is 5.46. The fraction of sp³-hybridized carbons (Fsp3) is 0.241. The minimum Gasteiger partial charge on any atom is -0.454 e. The third-order valence-corrected chi connectivity index (χ3v) is 7.08. The van der Waals surface area contributed by atoms with Crippen molar-refractivity contribution in [3.05, 3.63) is 95.0 Å². The topological polar surface area (TPSA) is 87.2 Å². The first-order valence-electron chi connectivity index (χ1n) is 12.4. The quantitative estimate of drug-likeness (QED) is 0.260. The molecular weight excluding hydrogens is 506 g/mol. The van der Waals surface area contributed by atoms with Crippen molar-refractivity contribution >= 4 is 46.5 Å². The van der Waals surface area contributed by atoms with Gasteiger partial charge in [-0.15, -0.1) is 0 Å². The standard InChI is InChI=1S/C29H26ClN3O5/c30-22-7-4-8-24(17-22)31-13-15-32(16-14-31)25-18-27(35)33(28(25)36)23-11-9-21(10-12-23)29(37)38-19-26(34)20-5-2-1-3-6-20/h1-12,17,25H,13-16,18-19H2. The van der Waals surface area contributed by atoms with Gasteiger partial charge < -0.3 is 9.64 Å². The summed E-state index contributed by atoms with van der Waals surface area (Å²) in [5.41, 5.74) is 2.12. The van der Waals surface area contributed by atoms with Crippen LogP contribution in [0.1, 0.15) is 27.1 Å². The van der Waals surface area contributed by atoms with Gasteiger partial charge in [0.15, 0.2) is 12.4 Å². The Hall–Kier alpha value is -4.01. The van der Waals surface area contributed by atoms with Crippen LogP contribution in [0.5, 0.6) is 0 Å². The summed E-state index contributed by atoms with van der Waals surface area (Å²) in [5, 5.41) is 0.678. The summed E-state index contributed by atoms with van der Waals surface area (Å²) in [6.07, 6.45) is 0.112. The monoisotopic (exact) mass is 531 g/mol. The highest BCUT2D eigenvalue weighted by Gasteiger charge is 2.43. The van der Waals surface area contributed by atoms with Crippen molar-refractivity contribution in [2.45, 2.75) is 12.5 Å². The van der Waals surface area contributed by atoms with Crippen LogP contribution < -0.4 is 9.80 Å². The third-order valence-electron chi connectivity index (χ3n) is 6.84. The van der Waals surface area contributed by atoms with Crippen molar-refractivity contribution in [2.24, 2.45) is 0 Å². The van der Waals surface area contributed by atoms with Gasteiger partial charge in [0.05, 0.1) is 23.7 Å². The molecule has 0 bridgehead atoms. The molecule has 0 saturated carbocycles. The maximum Gasteiger partial charge on any atom is 0.338 e. The number of benzene rings is 3. The molecule has 1 atom stereocenters. The Bertz CT molecular complexity index is 1350. The van der Waals surface area contributed by atoms with Gasteiger partial charge in [-0.05, 0) is 42.5 Å². The number of ether oxygens (including phenoxy) is 1. The molecule has 0 radical (unpaired) electrons. The molecule has 9 heteroatoms. The van der Waals surface area contributed by atoms with Gasteiger partial charge in [0.2, 0.25) is 5.91 Å². The van der Waals surface area contributed by atoms with E-state index < -0.39 is 12.0 Å². The average Bonchev–Trinajstić information content (AvgIpc) is 3.25. The second-order valence-corrected chi connectivity index (χ2v) is 9.64. The molecule has 0 aliphatic carbocycles. The first-order chi connectivity index (χ1) is 18.4. The number of rotatable bonds is 7. The second kappa shape index (κ2) is 11.2. The number of esters is 1. The number of piperazine rings is 1. The number of halogens is 1. The highest BCUT2D eigenvalue weighted by atomic mass is 35.5. The number of amides is 2. The zero-order chi connectivity index (χ0) is 26.6. The van der Waals surface area contributed by atoms with E-state index in [0.29, 0.717) is 29.4 Å². The van der Waals surface area contributed by atoms with Crippen molar-refractivity contribution in [3.63, 3.8) is 0 Å². The van der Waals surface area contributed by atoms with Gasteiger partial charge in [-0.1, -0.05) is 48.0 Å². The predicted molar refractivity (Wildman–Crippen MR) is 144 cm³/mol. The number of hydrogen-bond donors (Lipinski definition) is 0. The van der Waals surface area contributed by atoms with Crippen LogP contribution in [0.4, 0.5) is 11.4 Å². The predicted octanol–water partition coefficient (Wildman–Crippen LogP) is 3.83. The molecule has 2 aliphatic rings. The minimum absolute atomic E-state index is 0.112. The smallest absolute Gasteiger partial charge is 0.338 e. The van der Waals surface area contributed by atoms with E-state index in [1.54, 1.807) is 42.5 Å². The van der Waals surface area contributed by atoms with Crippen molar-refractivity contribution < 1.29 is 23.9 Å². The molecule has 1 unspecified atom stereocenters. The van der Waals surface area contributed by atoms with Crippen LogP contribution in [0.3, 0.4) is 0 Å². The summed E-state index contributed by atoms with van der Waals surface area (Å²) < 4.78 is 5.14. The Morgan fingerprint density at radius 3 is 2.21 bits per heavy atom. The summed E-state index contributed by atoms with van der Waals surface area (Å²) in [5.74, 6) is -1.50. The molecule has 3 aromatic rings. The minimum atomic E-state index is -0.657. The largest absolute Gasteiger partial charge is 0.454 e. The Labute approximate surface area is 225 Å². The molecule has 38 heavy (non-hydrogen) atoms. The molecule has 8 nitrogen and oxygen atoms in total. The normalized spacial score (nSPS) is 18.1. The molecule has 0 spiro atoms. The molecule has 0 aromatic heterocycles. The Morgan fingerprint density at radius 1 is 0.816 bits per heavy atom. The van der Waals surface area contributed by atoms with Crippen LogP contribution in [-0.2, 0) is 14.3 Å². The van der Waals surface area contributed by atoms with Crippen LogP contribution in [0, 0.1) is 0 Å². The van der Waals surface area contributed by atoms with E-state index in [2.05, 4.69) is 9.80 Å². The van der Waals surface area contributed by atoms with E-state index >= 15 is 0 Å². The SMILES string of the molecule is O=C(COC(=O)c1ccc(N2C(=O)CC(N3CCN(c4cccc(Cl)c4)CC3)C2=O)cc1)c1ccccc1. The Morgan fingerprint density at radius 2 is 1.53 bits per heavy atom. The fourth-order valence-corrected chi connectivity index (χ4v) is 4.99. The van der Waals surface area contributed by atoms with Gasteiger partial charge in [0.25, 0.3) is 5.91 Å². The number of nitrogens with zero attached hydrogens (tertiary/aromatic N) is 3. The van der Waals surface area contributed by atoms with Crippen LogP contribution in [0.15, 0.2) is 78.9 Å². The van der Waals surface area contributed by atoms with Crippen LogP contribution in [0.25, 0.3) is 0 Å². The number of ketones is 1. The average molecular weight is 532 g/mol. The molecule has 0 N–H and O–H groups in total. The molecule has 2 heterocycles. The van der Waals surface area contributed by atoms with Gasteiger partial charge in [0.1, 0.15) is 0 Å². The van der Waals surface area contributed by atoms with Crippen molar-refractivity contribution in [3.8, 4) is 0 Å². The molecule has 2 saturated heterocycles. The summed E-state index contributed by atoms with van der Waals surface area (Å²) >= 11 is 6.12. The van der Waals surface area contributed by atoms with Crippen molar-refractivity contribution in [1.29, 1.82) is 0 Å². The fourth-order valence-electron chi connectivity index (χ4n) is 4.81. The molecule has 194 valence electrons. The lowest BCUT2D eigenvalue weighted by Gasteiger charge is -2.38. The van der Waals surface area contributed by atoms with E-state index in [1.165, 1.54) is 17.0 Å². The lowest BCUT2D eigenvalue weighted by atomic mass is 10.1. The van der Waals surface area contributed by atoms with E-state index in [1.807, 2.05) is 24.3 Å². The highest BCUT2D eigenvalue weighted by molar-refractivity contribution is 6.30. The number of carbonyl (C=O) groups is 4. The number of hydrogen-bond acceptors (Lipinski definition) is 7. The van der Waals surface area contributed by atoms with E-state index in [-0.39, 0.29) is 36.2 Å². The maximum absolute atomic E-state index is 13.2. The van der Waals surface area contributed by atoms with E-state index in [9.17, 15) is 19.2 Å². The molecule has 2 fully saturated rings. The van der Waals surface area contributed by atoms with E-state index in [4.69, 9.17) is 16.3 Å². The van der Waals surface area contributed by atoms with Gasteiger partial charge in [0, 0.05) is 42.5 Å². The Kier molecular flexibility index (Phi) is 7.53. The molecule has 3 aromatic carbocycles. The van der Waals surface area contributed by atoms with Crippen molar-refractivity contribution in [1.82, 2.24) is 4.90 Å². The second-order valence-electron chi connectivity index (χ2n) is 9.20. The molecule has 2 amide bonds. The number of anilines is 2. The molecule has 5 rings (SSSR count). The number of Topliss-reactive ketones (excluding diaryl/α,β-unsaturated/α-hetero) is 1. The van der Waals surface area contributed by atoms with Gasteiger partial charge in [-0.3, -0.25) is 19.3 Å². The zero-order valence-electron chi connectivity index (χ0n) is 20.6. The van der Waals surface area contributed by atoms with Gasteiger partial charge >= 0.3 is 5.97 Å². The highest BCUT2D eigenvalue weighted by Crippen LogP contribution is 2.28. The summed E-state index contributed by atoms with van der Waals surface area (Å²) in [6.45, 7) is 2.37. The molecular formula is C29H26ClN3O5. The lowest BCUT2D eigenvalue weighted by molar-refractivity contribution is -0.123. The van der Waals surface area contributed by atoms with Crippen LogP contribution in [-0.4, -0.2) is 67.3 Å². The zero-order valence-corrected chi connectivity index (χ0v) is 21.3. The van der Waals surface area contributed by atoms with Crippen molar-refractivity contribution in [2.75, 3.05) is 42.6 Å². The van der Waals surface area contributed by atoms with Crippen LogP contribution >= 0.6 is 11.6 Å². The van der Waals surface area contributed by atoms with E-state index in [0.717, 1.165) is 18.8 Å². The number of carbonyl (C=O) groups excluding carboxylic acids is 4. The first kappa shape index (κ1) is 25.6. The number of imide groups is 1. The summed E-state index contributed by atoms with van der Waals surface area (Å²) in [7, 11) is 0.